The quantitative estimate of drug-likeness (QED) is 0.371. The van der Waals surface area contributed by atoms with Gasteiger partial charge >= 0.3 is 0 Å². The first-order valence-corrected chi connectivity index (χ1v) is 0. The third kappa shape index (κ3) is 508. The Labute approximate surface area is 31.3 Å². The lowest BCUT2D eigenvalue weighted by Crippen LogP contribution is -0.481. The van der Waals surface area contributed by atoms with Crippen molar-refractivity contribution in [2.45, 2.75) is 7.43 Å². The molecule has 0 spiro atoms. The maximum Gasteiger partial charge on any atom is -0.0776 e. The highest BCUT2D eigenvalue weighted by Gasteiger charge is -0.0775. The minimum absolute atomic E-state index is 0. The van der Waals surface area contributed by atoms with Crippen LogP contribution in [0.15, 0.2) is 0 Å². The molecule has 9 N–H and O–H groups in total. The van der Waals surface area contributed by atoms with Crippen molar-refractivity contribution in [3.63, 3.8) is 0 Å². The van der Waals surface area contributed by atoms with E-state index in [-0.39, 0.29) is 30.0 Å². The van der Waals surface area contributed by atoms with Gasteiger partial charge in [-0.1, -0.05) is 7.43 Å². The molecule has 0 aromatic heterocycles. The molecule has 4 nitrogen and oxygen atoms in total. The Hall–Kier alpha value is -0.160. The van der Waals surface area contributed by atoms with Crippen molar-refractivity contribution < 1.29 is 16.4 Å². The van der Waals surface area contributed by atoms with Gasteiger partial charge in [-0.2, -0.15) is 0 Å². The summed E-state index contributed by atoms with van der Waals surface area (Å²) >= 11 is 0. The molecule has 0 rings (SSSR count). The maximum atomic E-state index is 0. The van der Waals surface area contributed by atoms with E-state index in [0.29, 0.717) is 0 Å². The Kier molecular flexibility index (Phi) is 675000. The summed E-state index contributed by atoms with van der Waals surface area (Å²) < 4.78 is 0. The standard InChI is InChI=1S/CH4.H3N.3H2O/h1H4;1H3;3*1H2. The molecule has 0 aromatic rings. The van der Waals surface area contributed by atoms with Gasteiger partial charge in [-0.25, -0.2) is 0 Å². The van der Waals surface area contributed by atoms with E-state index >= 15 is 0 Å². The first-order chi connectivity index (χ1) is 0. The monoisotopic (exact) mass is 87.1 g/mol. The molecule has 0 bridgehead atoms. The summed E-state index contributed by atoms with van der Waals surface area (Å²) in [6, 6.07) is 0. The van der Waals surface area contributed by atoms with Gasteiger partial charge in [0, 0.05) is 0 Å². The van der Waals surface area contributed by atoms with Crippen molar-refractivity contribution in [2.24, 2.45) is 0 Å². The van der Waals surface area contributed by atoms with Gasteiger partial charge in [0.15, 0.2) is 0 Å². The fourth-order valence-electron chi connectivity index (χ4n) is 0. The van der Waals surface area contributed by atoms with E-state index in [2.05, 4.69) is 0 Å². The van der Waals surface area contributed by atoms with Gasteiger partial charge in [-0.05, 0) is 0 Å². The zero-order chi connectivity index (χ0) is 0. The third-order valence-electron chi connectivity index (χ3n) is 0. The van der Waals surface area contributed by atoms with Crippen LogP contribution in [0.25, 0.3) is 0 Å². The van der Waals surface area contributed by atoms with Crippen molar-refractivity contribution in [3.05, 3.63) is 0 Å². The van der Waals surface area contributed by atoms with Crippen LogP contribution in [0.1, 0.15) is 7.43 Å². The predicted octanol–water partition coefficient (Wildman–Crippen LogP) is -1.68. The van der Waals surface area contributed by atoms with E-state index in [1.807, 2.05) is 0 Å². The summed E-state index contributed by atoms with van der Waals surface area (Å²) in [6.45, 7) is 0. The van der Waals surface area contributed by atoms with Crippen LogP contribution in [0.5, 0.6) is 0 Å². The molecule has 0 radical (unpaired) electrons. The van der Waals surface area contributed by atoms with Crippen molar-refractivity contribution in [1.29, 1.82) is 0 Å². The molecule has 0 fully saturated rings. The van der Waals surface area contributed by atoms with Gasteiger partial charge in [-0.15, -0.1) is 0 Å². The lowest BCUT2D eigenvalue weighted by molar-refractivity contribution is 0.823. The van der Waals surface area contributed by atoms with Crippen molar-refractivity contribution in [2.75, 3.05) is 0 Å². The second kappa shape index (κ2) is 1210. The van der Waals surface area contributed by atoms with E-state index in [9.17, 15) is 0 Å². The summed E-state index contributed by atoms with van der Waals surface area (Å²) in [4.78, 5) is 0. The van der Waals surface area contributed by atoms with Crippen molar-refractivity contribution in [3.8, 4) is 0 Å². The van der Waals surface area contributed by atoms with Gasteiger partial charge < -0.3 is 22.6 Å². The van der Waals surface area contributed by atoms with Gasteiger partial charge in [0.2, 0.25) is 0 Å². The molecule has 0 aliphatic heterocycles. The molecule has 0 saturated heterocycles. The number of hydrogen-bond donors (Lipinski definition) is 1. The Bertz CT molecular complexity index is 6.85. The predicted molar refractivity (Wildman–Crippen MR) is 22.6 cm³/mol. The summed E-state index contributed by atoms with van der Waals surface area (Å²) in [5.74, 6) is 0. The SMILES string of the molecule is C.N.O.O.O. The first-order valence-electron chi connectivity index (χ1n) is 0. The van der Waals surface area contributed by atoms with Crippen LogP contribution in [-0.2, 0) is 0 Å². The molecular formula is CH13NO3. The van der Waals surface area contributed by atoms with Crippen molar-refractivity contribution >= 4 is 0 Å². The largest absolute Gasteiger partial charge is 0.412 e. The lowest BCUT2D eigenvalue weighted by Gasteiger charge is -0.413. The summed E-state index contributed by atoms with van der Waals surface area (Å²) in [5.41, 5.74) is 0. The average molecular weight is 87.1 g/mol. The Balaban J connectivity index is 0. The zero-order valence-corrected chi connectivity index (χ0v) is 2.21. The average Bonchev–Trinajstić information content (AvgIpc) is 0. The molecular weight excluding hydrogens is 74.0 g/mol. The van der Waals surface area contributed by atoms with E-state index in [1.54, 1.807) is 0 Å². The van der Waals surface area contributed by atoms with E-state index in [0.717, 1.165) is 0 Å². The van der Waals surface area contributed by atoms with Crippen LogP contribution in [0, 0.1) is 0 Å². The van der Waals surface area contributed by atoms with Gasteiger partial charge in [-0.3, -0.25) is 0 Å². The molecule has 0 saturated carbocycles. The molecule has 40 valence electrons. The highest BCUT2D eigenvalue weighted by Crippen LogP contribution is 0.144. The normalized spacial score (nSPS) is 0. The van der Waals surface area contributed by atoms with Crippen LogP contribution in [0.3, 0.4) is 0 Å². The zero-order valence-electron chi connectivity index (χ0n) is 2.21. The second-order valence-corrected chi connectivity index (χ2v) is 0. The maximum absolute atomic E-state index is 0. The topological polar surface area (TPSA) is 130 Å². The molecule has 0 aliphatic rings. The van der Waals surface area contributed by atoms with E-state index < -0.39 is 0 Å². The number of rotatable bonds is 0. The molecule has 0 unspecified atom stereocenters. The lowest BCUT2D eigenvalue weighted by atomic mass is 12.0. The molecule has 5 heavy (non-hydrogen) atoms. The first kappa shape index (κ1) is 2790. The smallest absolute Gasteiger partial charge is 0.0776 e. The third-order valence-corrected chi connectivity index (χ3v) is 0. The highest BCUT2D eigenvalue weighted by atomic mass is 16.0. The van der Waals surface area contributed by atoms with Crippen LogP contribution in [0.2, 0.25) is 0 Å². The summed E-state index contributed by atoms with van der Waals surface area (Å²) in [5, 5.41) is 0. The fraction of sp³-hybridized carbons (Fsp3) is 1.00. The van der Waals surface area contributed by atoms with Gasteiger partial charge in [0.25, 0.3) is 0 Å². The molecule has 0 amide bonds. The van der Waals surface area contributed by atoms with Crippen LogP contribution in [0.4, 0.5) is 0 Å². The van der Waals surface area contributed by atoms with Crippen LogP contribution < -0.4 is 6.15 Å². The van der Waals surface area contributed by atoms with E-state index in [1.165, 1.54) is 0 Å². The molecule has 0 aliphatic carbocycles. The Morgan fingerprint density at radius 3 is 0.600 bits per heavy atom. The number of hydrogen-bond acceptors (Lipinski definition) is 1. The van der Waals surface area contributed by atoms with Crippen molar-refractivity contribution in [1.82, 2.24) is 6.15 Å². The van der Waals surface area contributed by atoms with Crippen LogP contribution in [-0.4, -0.2) is 16.4 Å². The van der Waals surface area contributed by atoms with E-state index in [4.69, 9.17) is 0 Å². The molecule has 0 atom stereocenters. The summed E-state index contributed by atoms with van der Waals surface area (Å²) in [6.07, 6.45) is 0. The fourth-order valence-corrected chi connectivity index (χ4v) is 0. The second-order valence-electron chi connectivity index (χ2n) is 0. The summed E-state index contributed by atoms with van der Waals surface area (Å²) in [7, 11) is 0. The molecule has 4 heteroatoms. The van der Waals surface area contributed by atoms with Crippen LogP contribution >= 0.6 is 0 Å². The molecule has 0 aromatic carbocycles. The highest BCUT2D eigenvalue weighted by molar-refractivity contribution is 2.50. The Morgan fingerprint density at radius 2 is 0.600 bits per heavy atom. The Morgan fingerprint density at radius 1 is 0.600 bits per heavy atom. The van der Waals surface area contributed by atoms with Gasteiger partial charge in [0.1, 0.15) is 0 Å². The van der Waals surface area contributed by atoms with Gasteiger partial charge in [0.05, 0.1) is 0 Å². The molecule has 0 heterocycles. The minimum Gasteiger partial charge on any atom is -0.412 e. The minimum atomic E-state index is 0.